The number of hydrogen-bond acceptors (Lipinski definition) is 1. The van der Waals surface area contributed by atoms with Crippen molar-refractivity contribution in [3.63, 3.8) is 0 Å². The van der Waals surface area contributed by atoms with Crippen LogP contribution in [-0.4, -0.2) is 22.5 Å². The third-order valence-corrected chi connectivity index (χ3v) is 3.96. The summed E-state index contributed by atoms with van der Waals surface area (Å²) in [5.74, 6) is 1.19. The Bertz CT molecular complexity index is 197. The first kappa shape index (κ1) is 9.75. The van der Waals surface area contributed by atoms with Gasteiger partial charge in [-0.05, 0) is 31.1 Å². The highest BCUT2D eigenvalue weighted by molar-refractivity contribution is 6.20. The molecule has 0 saturated carbocycles. The molecule has 0 N–H and O–H groups in total. The molecule has 0 amide bonds. The quantitative estimate of drug-likeness (QED) is 0.599. The van der Waals surface area contributed by atoms with E-state index in [0.29, 0.717) is 11.8 Å². The summed E-state index contributed by atoms with van der Waals surface area (Å²) in [6.07, 6.45) is 2.85. The molecule has 2 saturated heterocycles. The maximum Gasteiger partial charge on any atom is 0.0432 e. The molecule has 2 aliphatic heterocycles. The van der Waals surface area contributed by atoms with Gasteiger partial charge in [-0.1, -0.05) is 13.8 Å². The molecule has 0 aromatic rings. The summed E-state index contributed by atoms with van der Waals surface area (Å²) in [7, 11) is 0. The number of nitrogens with zero attached hydrogens (tertiary/aromatic N) is 1. The van der Waals surface area contributed by atoms with E-state index in [-0.39, 0.29) is 17.5 Å². The van der Waals surface area contributed by atoms with Crippen LogP contribution in [0.1, 0.15) is 33.1 Å². The van der Waals surface area contributed by atoms with E-state index in [1.807, 2.05) is 0 Å². The molecule has 2 heterocycles. The summed E-state index contributed by atoms with van der Waals surface area (Å²) < 4.78 is 0. The monoisotopic (exact) mass is 202 g/mol. The molecular formula is C10H17ClNO. The fourth-order valence-electron chi connectivity index (χ4n) is 2.88. The summed E-state index contributed by atoms with van der Waals surface area (Å²) in [5, 5.41) is 13.3. The molecule has 0 spiro atoms. The Morgan fingerprint density at radius 2 is 2.00 bits per heavy atom. The van der Waals surface area contributed by atoms with Gasteiger partial charge >= 0.3 is 0 Å². The van der Waals surface area contributed by atoms with Crippen LogP contribution in [0.4, 0.5) is 0 Å². The van der Waals surface area contributed by atoms with Gasteiger partial charge in [0, 0.05) is 17.5 Å². The highest BCUT2D eigenvalue weighted by atomic mass is 35.5. The molecule has 2 fully saturated rings. The van der Waals surface area contributed by atoms with Crippen molar-refractivity contribution in [1.82, 2.24) is 5.06 Å². The van der Waals surface area contributed by atoms with Crippen LogP contribution in [0, 0.1) is 11.8 Å². The van der Waals surface area contributed by atoms with Gasteiger partial charge < -0.3 is 0 Å². The molecule has 1 radical (unpaired) electrons. The Balaban J connectivity index is 2.12. The van der Waals surface area contributed by atoms with Gasteiger partial charge in [0.25, 0.3) is 0 Å². The van der Waals surface area contributed by atoms with Crippen molar-refractivity contribution in [1.29, 1.82) is 0 Å². The van der Waals surface area contributed by atoms with Gasteiger partial charge in [-0.25, -0.2) is 0 Å². The SMILES string of the molecule is CC(C)[C@H]1C[C@@H]2C[C@@H](Cl)C[C@H]1N2[O]. The first-order valence-corrected chi connectivity index (χ1v) is 5.62. The van der Waals surface area contributed by atoms with Crippen LogP contribution in [0.5, 0.6) is 0 Å². The molecule has 4 atom stereocenters. The summed E-state index contributed by atoms with van der Waals surface area (Å²) >= 11 is 6.12. The summed E-state index contributed by atoms with van der Waals surface area (Å²) in [6, 6.07) is 0.426. The van der Waals surface area contributed by atoms with Gasteiger partial charge in [0.05, 0.1) is 0 Å². The van der Waals surface area contributed by atoms with Gasteiger partial charge in [0.2, 0.25) is 0 Å². The summed E-state index contributed by atoms with van der Waals surface area (Å²) in [4.78, 5) is 0. The molecule has 2 nitrogen and oxygen atoms in total. The van der Waals surface area contributed by atoms with E-state index < -0.39 is 0 Å². The van der Waals surface area contributed by atoms with Crippen LogP contribution in [0.25, 0.3) is 0 Å². The van der Waals surface area contributed by atoms with Crippen LogP contribution in [-0.2, 0) is 5.21 Å². The molecule has 13 heavy (non-hydrogen) atoms. The molecule has 0 aromatic heterocycles. The van der Waals surface area contributed by atoms with Crippen LogP contribution in [0.2, 0.25) is 0 Å². The van der Waals surface area contributed by atoms with E-state index in [0.717, 1.165) is 19.3 Å². The second-order valence-electron chi connectivity index (χ2n) is 4.79. The minimum absolute atomic E-state index is 0.209. The second kappa shape index (κ2) is 3.41. The lowest BCUT2D eigenvalue weighted by Crippen LogP contribution is -2.41. The normalized spacial score (nSPS) is 45.9. The highest BCUT2D eigenvalue weighted by Gasteiger charge is 2.47. The number of piperidine rings is 1. The first-order chi connectivity index (χ1) is 6.09. The molecule has 75 valence electrons. The predicted octanol–water partition coefficient (Wildman–Crippen LogP) is 2.45. The van der Waals surface area contributed by atoms with Crippen LogP contribution >= 0.6 is 11.6 Å². The standard InChI is InChI=1S/C10H17ClNO/c1-6(2)9-5-8-3-7(11)4-10(9)12(8)13/h6-10H,3-5H2,1-2H3/t7-,8+,9-,10-/m1/s1. The molecule has 0 unspecified atom stereocenters. The Morgan fingerprint density at radius 1 is 1.31 bits per heavy atom. The van der Waals surface area contributed by atoms with Gasteiger partial charge in [0.15, 0.2) is 0 Å². The van der Waals surface area contributed by atoms with E-state index in [9.17, 15) is 5.21 Å². The molecular weight excluding hydrogens is 186 g/mol. The average molecular weight is 203 g/mol. The Kier molecular flexibility index (Phi) is 2.56. The van der Waals surface area contributed by atoms with E-state index >= 15 is 0 Å². The smallest absolute Gasteiger partial charge is 0.0432 e. The van der Waals surface area contributed by atoms with Crippen molar-refractivity contribution in [2.24, 2.45) is 11.8 Å². The number of alkyl halides is 1. The van der Waals surface area contributed by atoms with Crippen molar-refractivity contribution in [2.45, 2.75) is 50.6 Å². The highest BCUT2D eigenvalue weighted by Crippen LogP contribution is 2.43. The number of rotatable bonds is 1. The minimum Gasteiger partial charge on any atom is -0.148 e. The first-order valence-electron chi connectivity index (χ1n) is 5.19. The summed E-state index contributed by atoms with van der Waals surface area (Å²) in [6.45, 7) is 4.42. The lowest BCUT2D eigenvalue weighted by Gasteiger charge is -2.31. The third kappa shape index (κ3) is 1.60. The third-order valence-electron chi connectivity index (χ3n) is 3.61. The van der Waals surface area contributed by atoms with Crippen molar-refractivity contribution in [3.8, 4) is 0 Å². The second-order valence-corrected chi connectivity index (χ2v) is 5.41. The van der Waals surface area contributed by atoms with Crippen LogP contribution in [0.15, 0.2) is 0 Å². The van der Waals surface area contributed by atoms with Crippen molar-refractivity contribution < 1.29 is 5.21 Å². The molecule has 0 aromatic carbocycles. The van der Waals surface area contributed by atoms with Gasteiger partial charge in [-0.2, -0.15) is 0 Å². The van der Waals surface area contributed by atoms with Crippen molar-refractivity contribution in [3.05, 3.63) is 0 Å². The zero-order valence-electron chi connectivity index (χ0n) is 8.24. The Morgan fingerprint density at radius 3 is 2.62 bits per heavy atom. The number of hydrogen-bond donors (Lipinski definition) is 0. The van der Waals surface area contributed by atoms with Gasteiger partial charge in [-0.15, -0.1) is 21.9 Å². The topological polar surface area (TPSA) is 23.1 Å². The maximum atomic E-state index is 11.7. The predicted molar refractivity (Wildman–Crippen MR) is 51.9 cm³/mol. The zero-order valence-corrected chi connectivity index (χ0v) is 9.00. The maximum absolute atomic E-state index is 11.7. The minimum atomic E-state index is 0.209. The van der Waals surface area contributed by atoms with E-state index in [1.165, 1.54) is 5.06 Å². The number of halogens is 1. The van der Waals surface area contributed by atoms with Gasteiger partial charge in [0.1, 0.15) is 0 Å². The van der Waals surface area contributed by atoms with E-state index in [4.69, 9.17) is 11.6 Å². The molecule has 0 aliphatic carbocycles. The fraction of sp³-hybridized carbons (Fsp3) is 1.00. The molecule has 2 aliphatic rings. The van der Waals surface area contributed by atoms with Crippen molar-refractivity contribution in [2.75, 3.05) is 0 Å². The largest absolute Gasteiger partial charge is 0.148 e. The average Bonchev–Trinajstić information content (AvgIpc) is 2.29. The lowest BCUT2D eigenvalue weighted by atomic mass is 9.88. The zero-order chi connectivity index (χ0) is 9.59. The molecule has 3 heteroatoms. The van der Waals surface area contributed by atoms with Gasteiger partial charge in [-0.3, -0.25) is 0 Å². The lowest BCUT2D eigenvalue weighted by molar-refractivity contribution is -0.210. The van der Waals surface area contributed by atoms with E-state index in [2.05, 4.69) is 13.8 Å². The van der Waals surface area contributed by atoms with Crippen LogP contribution in [0.3, 0.4) is 0 Å². The molecule has 2 rings (SSSR count). The van der Waals surface area contributed by atoms with Crippen molar-refractivity contribution >= 4 is 11.6 Å². The summed E-state index contributed by atoms with van der Waals surface area (Å²) in [5.41, 5.74) is 0. The number of hydroxylamine groups is 2. The fourth-order valence-corrected chi connectivity index (χ4v) is 3.27. The number of fused-ring (bicyclic) bond motifs is 2. The molecule has 2 bridgehead atoms. The van der Waals surface area contributed by atoms with E-state index in [1.54, 1.807) is 0 Å². The Hall–Kier alpha value is 0.210. The van der Waals surface area contributed by atoms with Crippen LogP contribution < -0.4 is 0 Å². The Labute approximate surface area is 84.8 Å².